The SMILES string of the molecule is COc1ccc(C(OC[C@H]2O[C@@H](n3cnc4c(NC(=O)c5ccccc5)ncnc43)[C@H](OCCCNC(=O)C(Cc3ccccc3)NC(=O)OC(C)(C)C)[C@@H]2OP(=O)(O)OC[C@H]2O[C@@H](n3cc(C)c(=O)[nH]c3=O)C[C@@H]2O)(c2ccccc2)c2ccc(OC)cc2)cc1. The van der Waals surface area contributed by atoms with E-state index in [9.17, 15) is 38.5 Å². The third-order valence-corrected chi connectivity index (χ3v) is 16.3. The summed E-state index contributed by atoms with van der Waals surface area (Å²) < 4.78 is 73.2. The number of alkyl carbamates (subject to hydrolysis) is 1. The minimum absolute atomic E-state index is 0.00250. The summed E-state index contributed by atoms with van der Waals surface area (Å²) in [5, 5.41) is 19.6. The number of H-pyrrole nitrogens is 1. The van der Waals surface area contributed by atoms with Crippen LogP contribution in [-0.2, 0) is 54.1 Å². The Hall–Kier alpha value is -8.95. The number of aromatic nitrogens is 6. The van der Waals surface area contributed by atoms with E-state index in [0.29, 0.717) is 33.8 Å². The zero-order valence-electron chi connectivity index (χ0n) is 51.3. The molecule has 8 aromatic rings. The van der Waals surface area contributed by atoms with Gasteiger partial charge >= 0.3 is 19.6 Å². The number of methoxy groups -OCH3 is 2. The fraction of sp³-hybridized carbons (Fsp3) is 0.354. The van der Waals surface area contributed by atoms with Gasteiger partial charge < -0.3 is 59.1 Å². The Morgan fingerprint density at radius 1 is 0.783 bits per heavy atom. The summed E-state index contributed by atoms with van der Waals surface area (Å²) in [5.74, 6) is 0.178. The van der Waals surface area contributed by atoms with Gasteiger partial charge in [0.15, 0.2) is 23.2 Å². The number of amides is 3. The number of anilines is 1. The first-order valence-electron chi connectivity index (χ1n) is 29.6. The van der Waals surface area contributed by atoms with Crippen LogP contribution in [0, 0.1) is 6.92 Å². The van der Waals surface area contributed by atoms with Crippen molar-refractivity contribution in [3.05, 3.63) is 213 Å². The number of phosphoric acid groups is 1. The number of aliphatic hydroxyl groups excluding tert-OH is 1. The smallest absolute Gasteiger partial charge is 0.472 e. The summed E-state index contributed by atoms with van der Waals surface area (Å²) in [6, 6.07) is 40.5. The van der Waals surface area contributed by atoms with E-state index in [4.69, 9.17) is 42.2 Å². The first-order chi connectivity index (χ1) is 44.2. The molecule has 10 rings (SSSR count). The predicted octanol–water partition coefficient (Wildman–Crippen LogP) is 7.04. The molecule has 9 atom stereocenters. The second-order valence-corrected chi connectivity index (χ2v) is 24.3. The number of aliphatic hydroxyl groups is 1. The largest absolute Gasteiger partial charge is 0.497 e. The molecule has 0 saturated carbocycles. The third-order valence-electron chi connectivity index (χ3n) is 15.4. The Balaban J connectivity index is 1.01. The van der Waals surface area contributed by atoms with Gasteiger partial charge in [-0.1, -0.05) is 103 Å². The number of hydrogen-bond acceptors (Lipinski definition) is 19. The molecule has 92 heavy (non-hydrogen) atoms. The Kier molecular flexibility index (Phi) is 20.9. The number of carbonyl (C=O) groups is 3. The average Bonchev–Trinajstić information content (AvgIpc) is 1.19. The van der Waals surface area contributed by atoms with E-state index >= 15 is 0 Å². The molecule has 0 spiro atoms. The van der Waals surface area contributed by atoms with Gasteiger partial charge in [0.2, 0.25) is 5.91 Å². The van der Waals surface area contributed by atoms with Crippen molar-refractivity contribution in [2.45, 2.75) is 107 Å². The van der Waals surface area contributed by atoms with Gasteiger partial charge in [-0.25, -0.2) is 29.1 Å². The van der Waals surface area contributed by atoms with Crippen molar-refractivity contribution in [2.75, 3.05) is 45.9 Å². The normalized spacial score (nSPS) is 20.0. The van der Waals surface area contributed by atoms with Crippen LogP contribution in [-0.4, -0.2) is 140 Å². The molecule has 5 aromatic carbocycles. The van der Waals surface area contributed by atoms with E-state index in [-0.39, 0.29) is 55.0 Å². The standard InChI is InChI=1S/C65H72N9O17P/c1-40-35-73(62(79)72-58(40)76)52-34-49(75)50(88-52)37-87-92(81,82)91-54-51(36-86-65(43-21-14-9-15-22-43,44-23-27-46(83-5)28-24-44)45-25-29-47(84-6)30-26-45)89-61(74-39-69-53-56(67-38-68-57(53)74)71-59(77)42-19-12-8-13-20-42)55(54)85-32-16-31-66-60(78)48(33-41-17-10-7-11-18-41)70-63(80)90-64(2,3)4/h7-15,17-30,35,38-39,48-52,54-55,61,75H,16,31-34,36-37H2,1-6H3,(H,66,78)(H,70,80)(H,81,82)(H,72,76,79)(H,67,68,71,77)/t48?,49-,50+,51+,52+,54+,55+,61+/m0/s1. The number of ether oxygens (including phenoxy) is 7. The summed E-state index contributed by atoms with van der Waals surface area (Å²) in [4.78, 5) is 93.5. The molecule has 0 aliphatic carbocycles. The highest BCUT2D eigenvalue weighted by Crippen LogP contribution is 2.51. The second-order valence-electron chi connectivity index (χ2n) is 22.9. The van der Waals surface area contributed by atoms with Gasteiger partial charge in [0.05, 0.1) is 39.9 Å². The second kappa shape index (κ2) is 29.1. The van der Waals surface area contributed by atoms with E-state index in [1.54, 1.807) is 89.6 Å². The highest BCUT2D eigenvalue weighted by molar-refractivity contribution is 7.47. The lowest BCUT2D eigenvalue weighted by Gasteiger charge is -2.37. The van der Waals surface area contributed by atoms with Crippen molar-refractivity contribution in [3.8, 4) is 11.5 Å². The molecule has 27 heteroatoms. The maximum absolute atomic E-state index is 14.8. The fourth-order valence-electron chi connectivity index (χ4n) is 10.9. The van der Waals surface area contributed by atoms with Gasteiger partial charge in [0.25, 0.3) is 11.5 Å². The Morgan fingerprint density at radius 2 is 1.41 bits per heavy atom. The maximum atomic E-state index is 14.8. The number of hydrogen-bond donors (Lipinski definition) is 6. The summed E-state index contributed by atoms with van der Waals surface area (Å²) in [6.45, 7) is 5.31. The Morgan fingerprint density at radius 3 is 2.05 bits per heavy atom. The molecule has 2 unspecified atom stereocenters. The highest BCUT2D eigenvalue weighted by Gasteiger charge is 2.53. The number of aryl methyl sites for hydroxylation is 1. The molecule has 2 saturated heterocycles. The number of carbonyl (C=O) groups excluding carboxylic acids is 3. The van der Waals surface area contributed by atoms with Crippen molar-refractivity contribution in [2.24, 2.45) is 0 Å². The molecule has 0 bridgehead atoms. The summed E-state index contributed by atoms with van der Waals surface area (Å²) in [6.07, 6.45) is -6.21. The van der Waals surface area contributed by atoms with Gasteiger partial charge in [-0.05, 0) is 92.8 Å². The van der Waals surface area contributed by atoms with Crippen LogP contribution in [0.1, 0.15) is 84.2 Å². The van der Waals surface area contributed by atoms with Crippen LogP contribution in [0.15, 0.2) is 168 Å². The highest BCUT2D eigenvalue weighted by atomic mass is 31.2. The van der Waals surface area contributed by atoms with Crippen LogP contribution >= 0.6 is 7.82 Å². The minimum Gasteiger partial charge on any atom is -0.497 e. The van der Waals surface area contributed by atoms with Crippen LogP contribution in [0.2, 0.25) is 0 Å². The maximum Gasteiger partial charge on any atom is 0.472 e. The quantitative estimate of drug-likeness (QED) is 0.0180. The Bertz CT molecular complexity index is 3940. The first kappa shape index (κ1) is 66.0. The van der Waals surface area contributed by atoms with Gasteiger partial charge in [-0.3, -0.25) is 37.5 Å². The van der Waals surface area contributed by atoms with E-state index in [0.717, 1.165) is 10.1 Å². The number of imidazole rings is 1. The molecule has 484 valence electrons. The molecule has 2 fully saturated rings. The van der Waals surface area contributed by atoms with Crippen molar-refractivity contribution < 1.29 is 71.2 Å². The third kappa shape index (κ3) is 15.7. The van der Waals surface area contributed by atoms with Crippen molar-refractivity contribution in [1.82, 2.24) is 39.7 Å². The van der Waals surface area contributed by atoms with Crippen molar-refractivity contribution in [3.63, 3.8) is 0 Å². The van der Waals surface area contributed by atoms with E-state index < -0.39 is 110 Å². The lowest BCUT2D eigenvalue weighted by molar-refractivity contribution is -0.123. The van der Waals surface area contributed by atoms with Crippen LogP contribution in [0.3, 0.4) is 0 Å². The molecule has 2 aliphatic heterocycles. The van der Waals surface area contributed by atoms with Crippen LogP contribution < -0.4 is 36.7 Å². The van der Waals surface area contributed by atoms with Crippen LogP contribution in [0.5, 0.6) is 11.5 Å². The van der Waals surface area contributed by atoms with Crippen molar-refractivity contribution >= 4 is 42.7 Å². The van der Waals surface area contributed by atoms with Crippen LogP contribution in [0.4, 0.5) is 10.6 Å². The number of rotatable bonds is 26. The average molecular weight is 1280 g/mol. The molecule has 26 nitrogen and oxygen atoms in total. The molecular weight excluding hydrogens is 1210 g/mol. The summed E-state index contributed by atoms with van der Waals surface area (Å²) in [7, 11) is -2.24. The van der Waals surface area contributed by atoms with Gasteiger partial charge in [-0.2, -0.15) is 0 Å². The number of fused-ring (bicyclic) bond motifs is 1. The van der Waals surface area contributed by atoms with E-state index in [2.05, 4.69) is 35.9 Å². The summed E-state index contributed by atoms with van der Waals surface area (Å²) in [5.41, 5.74) is -0.198. The number of benzene rings is 5. The number of aromatic amines is 1. The number of nitrogens with zero attached hydrogens (tertiary/aromatic N) is 5. The minimum atomic E-state index is -5.35. The monoisotopic (exact) mass is 1280 g/mol. The number of nitrogens with one attached hydrogen (secondary N) is 4. The molecule has 0 radical (unpaired) electrons. The lowest BCUT2D eigenvalue weighted by atomic mass is 9.80. The van der Waals surface area contributed by atoms with Crippen molar-refractivity contribution in [1.29, 1.82) is 0 Å². The molecule has 2 aliphatic rings. The zero-order valence-corrected chi connectivity index (χ0v) is 52.2. The Labute approximate surface area is 528 Å². The molecule has 5 heterocycles. The molecular formula is C65H72N9O17P. The van der Waals surface area contributed by atoms with Gasteiger partial charge in [0, 0.05) is 43.3 Å². The zero-order chi connectivity index (χ0) is 65.2. The molecule has 3 amide bonds. The number of phosphoric ester groups is 1. The van der Waals surface area contributed by atoms with Gasteiger partial charge in [-0.15, -0.1) is 0 Å². The summed E-state index contributed by atoms with van der Waals surface area (Å²) >= 11 is 0. The fourth-order valence-corrected chi connectivity index (χ4v) is 11.8. The van der Waals surface area contributed by atoms with Crippen LogP contribution in [0.25, 0.3) is 11.2 Å². The molecule has 6 N–H and O–H groups in total. The van der Waals surface area contributed by atoms with E-state index in [1.807, 2.05) is 84.9 Å². The molecule has 3 aromatic heterocycles. The first-order valence-corrected chi connectivity index (χ1v) is 31.1. The topological polar surface area (TPSA) is 326 Å². The van der Waals surface area contributed by atoms with E-state index in [1.165, 1.54) is 30.3 Å². The van der Waals surface area contributed by atoms with Gasteiger partial charge in [0.1, 0.15) is 65.7 Å². The lowest BCUT2D eigenvalue weighted by Crippen LogP contribution is -2.49. The predicted molar refractivity (Wildman–Crippen MR) is 334 cm³/mol.